The minimum atomic E-state index is -1.35. The highest BCUT2D eigenvalue weighted by molar-refractivity contribution is 6.50. The van der Waals surface area contributed by atoms with Crippen molar-refractivity contribution in [2.45, 2.75) is 33.1 Å². The summed E-state index contributed by atoms with van der Waals surface area (Å²) in [4.78, 5) is 0. The summed E-state index contributed by atoms with van der Waals surface area (Å²) in [5, 5.41) is 17.9. The molecule has 0 fully saturated rings. The van der Waals surface area contributed by atoms with Gasteiger partial charge in [-0.25, -0.2) is 0 Å². The van der Waals surface area contributed by atoms with Crippen LogP contribution >= 0.6 is 0 Å². The molecule has 0 unspecified atom stereocenters. The van der Waals surface area contributed by atoms with Crippen LogP contribution in [0.25, 0.3) is 0 Å². The summed E-state index contributed by atoms with van der Waals surface area (Å²) in [7, 11) is -1.35. The summed E-state index contributed by atoms with van der Waals surface area (Å²) in [6.07, 6.45) is 13.3. The quantitative estimate of drug-likeness (QED) is 0.562. The number of hydrogen-bond acceptors (Lipinski definition) is 2. The van der Waals surface area contributed by atoms with E-state index in [1.807, 2.05) is 6.08 Å². The second kappa shape index (κ2) is 6.51. The van der Waals surface area contributed by atoms with E-state index in [0.29, 0.717) is 5.47 Å². The molecule has 0 heterocycles. The third-order valence-electron chi connectivity index (χ3n) is 2.76. The van der Waals surface area contributed by atoms with Crippen molar-refractivity contribution in [2.24, 2.45) is 0 Å². The Hall–Kier alpha value is -1.06. The molecule has 0 saturated heterocycles. The van der Waals surface area contributed by atoms with Gasteiger partial charge in [0.2, 0.25) is 0 Å². The van der Waals surface area contributed by atoms with Gasteiger partial charge in [-0.05, 0) is 42.8 Å². The van der Waals surface area contributed by atoms with Crippen LogP contribution in [0.15, 0.2) is 47.0 Å². The Morgan fingerprint density at radius 2 is 2.19 bits per heavy atom. The number of rotatable bonds is 4. The SMILES string of the molecule is CC/C(=C\C=C(/C)B(O)O)C1=CC=CCC1. The Balaban J connectivity index is 2.81. The normalized spacial score (nSPS) is 17.4. The zero-order valence-electron chi connectivity index (χ0n) is 9.98. The third-order valence-corrected chi connectivity index (χ3v) is 2.76. The predicted octanol–water partition coefficient (Wildman–Crippen LogP) is 2.56. The predicted molar refractivity (Wildman–Crippen MR) is 68.8 cm³/mol. The molecule has 2 N–H and O–H groups in total. The first kappa shape index (κ1) is 13.0. The Labute approximate surface area is 97.8 Å². The van der Waals surface area contributed by atoms with Crippen molar-refractivity contribution in [1.82, 2.24) is 0 Å². The number of allylic oxidation sites excluding steroid dienone is 8. The molecule has 0 atom stereocenters. The van der Waals surface area contributed by atoms with Crippen molar-refractivity contribution in [3.63, 3.8) is 0 Å². The van der Waals surface area contributed by atoms with Crippen molar-refractivity contribution in [1.29, 1.82) is 0 Å². The fraction of sp³-hybridized carbons (Fsp3) is 0.385. The van der Waals surface area contributed by atoms with E-state index in [9.17, 15) is 0 Å². The van der Waals surface area contributed by atoms with Gasteiger partial charge in [-0.15, -0.1) is 0 Å². The molecule has 2 nitrogen and oxygen atoms in total. The van der Waals surface area contributed by atoms with E-state index in [0.717, 1.165) is 19.3 Å². The van der Waals surface area contributed by atoms with Crippen molar-refractivity contribution < 1.29 is 10.0 Å². The van der Waals surface area contributed by atoms with E-state index in [1.165, 1.54) is 11.1 Å². The summed E-state index contributed by atoms with van der Waals surface area (Å²) >= 11 is 0. The molecule has 0 aromatic carbocycles. The molecule has 0 aromatic rings. The van der Waals surface area contributed by atoms with Crippen LogP contribution in [-0.2, 0) is 0 Å². The van der Waals surface area contributed by atoms with Crippen LogP contribution < -0.4 is 0 Å². The lowest BCUT2D eigenvalue weighted by Gasteiger charge is -2.11. The molecule has 1 rings (SSSR count). The molecule has 0 saturated carbocycles. The van der Waals surface area contributed by atoms with Crippen LogP contribution in [0.5, 0.6) is 0 Å². The minimum Gasteiger partial charge on any atom is -0.423 e. The topological polar surface area (TPSA) is 40.5 Å². The first-order valence-electron chi connectivity index (χ1n) is 5.74. The van der Waals surface area contributed by atoms with Crippen LogP contribution in [-0.4, -0.2) is 17.2 Å². The van der Waals surface area contributed by atoms with E-state index in [4.69, 9.17) is 10.0 Å². The minimum absolute atomic E-state index is 0.568. The molecule has 0 amide bonds. The molecule has 86 valence electrons. The lowest BCUT2D eigenvalue weighted by Crippen LogP contribution is -2.12. The first-order valence-corrected chi connectivity index (χ1v) is 5.74. The molecule has 0 aromatic heterocycles. The number of hydrogen-bond donors (Lipinski definition) is 2. The van der Waals surface area contributed by atoms with Gasteiger partial charge in [0, 0.05) is 0 Å². The van der Waals surface area contributed by atoms with Gasteiger partial charge in [0.1, 0.15) is 0 Å². The highest BCUT2D eigenvalue weighted by Crippen LogP contribution is 2.22. The maximum absolute atomic E-state index is 8.95. The van der Waals surface area contributed by atoms with Gasteiger partial charge in [0.15, 0.2) is 0 Å². The molecule has 0 bridgehead atoms. The van der Waals surface area contributed by atoms with Crippen LogP contribution in [0.3, 0.4) is 0 Å². The monoisotopic (exact) mass is 218 g/mol. The van der Waals surface area contributed by atoms with Gasteiger partial charge in [0.05, 0.1) is 0 Å². The highest BCUT2D eigenvalue weighted by Gasteiger charge is 2.08. The van der Waals surface area contributed by atoms with Gasteiger partial charge in [-0.1, -0.05) is 37.3 Å². The Morgan fingerprint density at radius 1 is 1.44 bits per heavy atom. The van der Waals surface area contributed by atoms with E-state index in [2.05, 4.69) is 25.2 Å². The second-order valence-electron chi connectivity index (χ2n) is 3.99. The van der Waals surface area contributed by atoms with Crippen molar-refractivity contribution in [2.75, 3.05) is 0 Å². The fourth-order valence-corrected chi connectivity index (χ4v) is 1.64. The molecule has 1 aliphatic rings. The summed E-state index contributed by atoms with van der Waals surface area (Å²) in [5.74, 6) is 0. The maximum atomic E-state index is 8.95. The molecular formula is C13H19BO2. The average Bonchev–Trinajstić information content (AvgIpc) is 2.30. The van der Waals surface area contributed by atoms with E-state index in [-0.39, 0.29) is 0 Å². The molecule has 0 spiro atoms. The first-order chi connectivity index (χ1) is 7.65. The van der Waals surface area contributed by atoms with Crippen LogP contribution in [0.4, 0.5) is 0 Å². The summed E-state index contributed by atoms with van der Waals surface area (Å²) < 4.78 is 0. The van der Waals surface area contributed by atoms with Crippen LogP contribution in [0.1, 0.15) is 33.1 Å². The van der Waals surface area contributed by atoms with Gasteiger partial charge in [-0.3, -0.25) is 0 Å². The zero-order chi connectivity index (χ0) is 12.0. The standard InChI is InChI=1S/C13H19BO2/c1-3-12(10-9-11(2)14(15)16)13-7-5-4-6-8-13/h4-5,7,9-10,15-16H,3,6,8H2,1-2H3/b11-9+,12-10+. The third kappa shape index (κ3) is 3.84. The van der Waals surface area contributed by atoms with E-state index >= 15 is 0 Å². The largest absolute Gasteiger partial charge is 0.483 e. The van der Waals surface area contributed by atoms with Gasteiger partial charge in [-0.2, -0.15) is 0 Å². The van der Waals surface area contributed by atoms with Crippen LogP contribution in [0, 0.1) is 0 Å². The second-order valence-corrected chi connectivity index (χ2v) is 3.99. The molecular weight excluding hydrogens is 199 g/mol. The summed E-state index contributed by atoms with van der Waals surface area (Å²) in [5.41, 5.74) is 3.18. The van der Waals surface area contributed by atoms with Crippen molar-refractivity contribution >= 4 is 7.12 Å². The molecule has 0 aliphatic heterocycles. The fourth-order valence-electron chi connectivity index (χ4n) is 1.64. The molecule has 0 radical (unpaired) electrons. The van der Waals surface area contributed by atoms with Crippen LogP contribution in [0.2, 0.25) is 0 Å². The Kier molecular flexibility index (Phi) is 5.29. The van der Waals surface area contributed by atoms with Gasteiger partial charge >= 0.3 is 7.12 Å². The average molecular weight is 218 g/mol. The summed E-state index contributed by atoms with van der Waals surface area (Å²) in [6.45, 7) is 3.83. The maximum Gasteiger partial charge on any atom is 0.483 e. The summed E-state index contributed by atoms with van der Waals surface area (Å²) in [6, 6.07) is 0. The Bertz CT molecular complexity index is 349. The highest BCUT2D eigenvalue weighted by atomic mass is 16.4. The molecule has 1 aliphatic carbocycles. The van der Waals surface area contributed by atoms with Crippen molar-refractivity contribution in [3.8, 4) is 0 Å². The van der Waals surface area contributed by atoms with Gasteiger partial charge in [0.25, 0.3) is 0 Å². The molecule has 16 heavy (non-hydrogen) atoms. The van der Waals surface area contributed by atoms with E-state index in [1.54, 1.807) is 13.0 Å². The van der Waals surface area contributed by atoms with Gasteiger partial charge < -0.3 is 10.0 Å². The molecule has 3 heteroatoms. The lowest BCUT2D eigenvalue weighted by molar-refractivity contribution is 0.419. The van der Waals surface area contributed by atoms with E-state index < -0.39 is 7.12 Å². The smallest absolute Gasteiger partial charge is 0.423 e. The van der Waals surface area contributed by atoms with Crippen molar-refractivity contribution in [3.05, 3.63) is 47.0 Å². The zero-order valence-corrected chi connectivity index (χ0v) is 9.98. The lowest BCUT2D eigenvalue weighted by atomic mass is 9.80. The Morgan fingerprint density at radius 3 is 2.69 bits per heavy atom.